The zero-order valence-electron chi connectivity index (χ0n) is 10.8. The molecule has 1 aromatic rings. The van der Waals surface area contributed by atoms with E-state index in [0.29, 0.717) is 6.42 Å². The first kappa shape index (κ1) is 16.5. The van der Waals surface area contributed by atoms with Gasteiger partial charge in [-0.3, -0.25) is 4.79 Å². The Hall–Kier alpha value is -0.580. The maximum absolute atomic E-state index is 11.8. The Morgan fingerprint density at radius 1 is 1.47 bits per heavy atom. The zero-order valence-corrected chi connectivity index (χ0v) is 13.2. The average molecular weight is 348 g/mol. The maximum Gasteiger partial charge on any atom is 0.224 e. The molecule has 5 heteroatoms. The van der Waals surface area contributed by atoms with Gasteiger partial charge in [-0.25, -0.2) is 0 Å². The summed E-state index contributed by atoms with van der Waals surface area (Å²) in [5.74, 6) is 0.843. The van der Waals surface area contributed by atoms with Gasteiger partial charge in [-0.05, 0) is 49.5 Å². The van der Waals surface area contributed by atoms with Crippen LogP contribution in [0, 0.1) is 5.92 Å². The lowest BCUT2D eigenvalue weighted by atomic mass is 10.1. The van der Waals surface area contributed by atoms with Crippen molar-refractivity contribution in [2.75, 3.05) is 19.6 Å². The first-order valence-corrected chi connectivity index (χ1v) is 7.25. The summed E-state index contributed by atoms with van der Waals surface area (Å²) in [4.78, 5) is 11.8. The molecule has 1 atom stereocenters. The second-order valence-electron chi connectivity index (χ2n) is 4.80. The summed E-state index contributed by atoms with van der Waals surface area (Å²) in [6, 6.07) is 7.89. The molecule has 2 rings (SSSR count). The fraction of sp³-hybridized carbons (Fsp3) is 0.500. The van der Waals surface area contributed by atoms with Crippen molar-refractivity contribution in [3.63, 3.8) is 0 Å². The quantitative estimate of drug-likeness (QED) is 0.859. The molecule has 0 radical (unpaired) electrons. The van der Waals surface area contributed by atoms with E-state index >= 15 is 0 Å². The lowest BCUT2D eigenvalue weighted by Gasteiger charge is -2.09. The van der Waals surface area contributed by atoms with E-state index in [1.165, 1.54) is 6.42 Å². The van der Waals surface area contributed by atoms with Gasteiger partial charge in [0.25, 0.3) is 0 Å². The Kier molecular flexibility index (Phi) is 7.42. The summed E-state index contributed by atoms with van der Waals surface area (Å²) in [6.45, 7) is 3.01. The average Bonchev–Trinajstić information content (AvgIpc) is 2.82. The van der Waals surface area contributed by atoms with E-state index in [9.17, 15) is 4.79 Å². The highest BCUT2D eigenvalue weighted by molar-refractivity contribution is 9.10. The van der Waals surface area contributed by atoms with Gasteiger partial charge in [-0.1, -0.05) is 28.1 Å². The van der Waals surface area contributed by atoms with Gasteiger partial charge in [0.15, 0.2) is 0 Å². The Morgan fingerprint density at radius 2 is 2.32 bits per heavy atom. The second-order valence-corrected chi connectivity index (χ2v) is 5.72. The van der Waals surface area contributed by atoms with Crippen LogP contribution in [-0.2, 0) is 11.2 Å². The molecule has 0 bridgehead atoms. The lowest BCUT2D eigenvalue weighted by Crippen LogP contribution is -2.27. The van der Waals surface area contributed by atoms with Gasteiger partial charge in [-0.15, -0.1) is 12.4 Å². The SMILES string of the molecule is Cl.O=C(Cc1cccc(Br)c1)NCCC1CCNC1. The standard InChI is InChI=1S/C14H19BrN2O.ClH/c15-13-3-1-2-12(8-13)9-14(18)17-7-5-11-4-6-16-10-11;/h1-3,8,11,16H,4-7,9-10H2,(H,17,18);1H. The molecule has 1 aromatic carbocycles. The van der Waals surface area contributed by atoms with Crippen LogP contribution in [0.2, 0.25) is 0 Å². The van der Waals surface area contributed by atoms with Crippen molar-refractivity contribution in [3.8, 4) is 0 Å². The molecule has 1 amide bonds. The summed E-state index contributed by atoms with van der Waals surface area (Å²) in [7, 11) is 0. The molecular weight excluding hydrogens is 328 g/mol. The van der Waals surface area contributed by atoms with E-state index in [4.69, 9.17) is 0 Å². The zero-order chi connectivity index (χ0) is 12.8. The van der Waals surface area contributed by atoms with Crippen molar-refractivity contribution in [3.05, 3.63) is 34.3 Å². The predicted molar refractivity (Wildman–Crippen MR) is 83.7 cm³/mol. The number of hydrogen-bond acceptors (Lipinski definition) is 2. The van der Waals surface area contributed by atoms with Crippen LogP contribution < -0.4 is 10.6 Å². The summed E-state index contributed by atoms with van der Waals surface area (Å²) >= 11 is 3.41. The highest BCUT2D eigenvalue weighted by Crippen LogP contribution is 2.12. The minimum atomic E-state index is 0. The summed E-state index contributed by atoms with van der Waals surface area (Å²) in [5, 5.41) is 6.33. The maximum atomic E-state index is 11.8. The molecule has 1 aliphatic heterocycles. The van der Waals surface area contributed by atoms with Crippen LogP contribution in [0.4, 0.5) is 0 Å². The molecule has 19 heavy (non-hydrogen) atoms. The van der Waals surface area contributed by atoms with Gasteiger partial charge < -0.3 is 10.6 Å². The number of carbonyl (C=O) groups is 1. The Bertz CT molecular complexity index is 408. The number of nitrogens with one attached hydrogen (secondary N) is 2. The molecule has 2 N–H and O–H groups in total. The molecule has 3 nitrogen and oxygen atoms in total. The lowest BCUT2D eigenvalue weighted by molar-refractivity contribution is -0.120. The van der Waals surface area contributed by atoms with Crippen LogP contribution in [0.15, 0.2) is 28.7 Å². The summed E-state index contributed by atoms with van der Waals surface area (Å²) in [6.07, 6.45) is 2.78. The van der Waals surface area contributed by atoms with Gasteiger partial charge in [-0.2, -0.15) is 0 Å². The summed E-state index contributed by atoms with van der Waals surface area (Å²) in [5.41, 5.74) is 1.05. The highest BCUT2D eigenvalue weighted by Gasteiger charge is 2.14. The van der Waals surface area contributed by atoms with E-state index in [0.717, 1.165) is 42.0 Å². The van der Waals surface area contributed by atoms with Crippen LogP contribution in [0.25, 0.3) is 0 Å². The van der Waals surface area contributed by atoms with Gasteiger partial charge in [0.05, 0.1) is 6.42 Å². The molecule has 0 aromatic heterocycles. The fourth-order valence-electron chi connectivity index (χ4n) is 2.27. The van der Waals surface area contributed by atoms with E-state index in [-0.39, 0.29) is 18.3 Å². The van der Waals surface area contributed by atoms with Crippen molar-refractivity contribution in [1.82, 2.24) is 10.6 Å². The fourth-order valence-corrected chi connectivity index (χ4v) is 2.72. The first-order chi connectivity index (χ1) is 8.74. The molecule has 1 fully saturated rings. The Labute approximate surface area is 129 Å². The third kappa shape index (κ3) is 5.93. The van der Waals surface area contributed by atoms with E-state index in [1.807, 2.05) is 24.3 Å². The minimum Gasteiger partial charge on any atom is -0.356 e. The monoisotopic (exact) mass is 346 g/mol. The topological polar surface area (TPSA) is 41.1 Å². The predicted octanol–water partition coefficient (Wildman–Crippen LogP) is 2.53. The molecule has 1 unspecified atom stereocenters. The van der Waals surface area contributed by atoms with Crippen molar-refractivity contribution in [2.24, 2.45) is 5.92 Å². The van der Waals surface area contributed by atoms with Gasteiger partial charge in [0, 0.05) is 11.0 Å². The van der Waals surface area contributed by atoms with Crippen LogP contribution in [-0.4, -0.2) is 25.5 Å². The van der Waals surface area contributed by atoms with Crippen molar-refractivity contribution >= 4 is 34.2 Å². The number of amides is 1. The van der Waals surface area contributed by atoms with Crippen molar-refractivity contribution in [2.45, 2.75) is 19.3 Å². The van der Waals surface area contributed by atoms with Gasteiger partial charge in [0.2, 0.25) is 5.91 Å². The molecule has 1 aliphatic rings. The van der Waals surface area contributed by atoms with Crippen LogP contribution in [0.5, 0.6) is 0 Å². The smallest absolute Gasteiger partial charge is 0.224 e. The molecule has 106 valence electrons. The second kappa shape index (κ2) is 8.56. The molecule has 0 aliphatic carbocycles. The highest BCUT2D eigenvalue weighted by atomic mass is 79.9. The number of hydrogen-bond donors (Lipinski definition) is 2. The summed E-state index contributed by atoms with van der Waals surface area (Å²) < 4.78 is 1.02. The van der Waals surface area contributed by atoms with Crippen molar-refractivity contribution < 1.29 is 4.79 Å². The number of benzene rings is 1. The Balaban J connectivity index is 0.00000180. The van der Waals surface area contributed by atoms with E-state index < -0.39 is 0 Å². The minimum absolute atomic E-state index is 0. The Morgan fingerprint density at radius 3 is 3.00 bits per heavy atom. The molecule has 0 saturated carbocycles. The first-order valence-electron chi connectivity index (χ1n) is 6.46. The normalized spacial score (nSPS) is 17.8. The third-order valence-electron chi connectivity index (χ3n) is 3.29. The van der Waals surface area contributed by atoms with Crippen LogP contribution >= 0.6 is 28.3 Å². The van der Waals surface area contributed by atoms with Crippen LogP contribution in [0.3, 0.4) is 0 Å². The number of carbonyl (C=O) groups excluding carboxylic acids is 1. The van der Waals surface area contributed by atoms with Crippen molar-refractivity contribution in [1.29, 1.82) is 0 Å². The number of halogens is 2. The van der Waals surface area contributed by atoms with Gasteiger partial charge >= 0.3 is 0 Å². The molecule has 1 saturated heterocycles. The van der Waals surface area contributed by atoms with E-state index in [1.54, 1.807) is 0 Å². The van der Waals surface area contributed by atoms with E-state index in [2.05, 4.69) is 26.6 Å². The van der Waals surface area contributed by atoms with Gasteiger partial charge in [0.1, 0.15) is 0 Å². The number of rotatable bonds is 5. The molecular formula is C14H20BrClN2O. The molecule has 1 heterocycles. The third-order valence-corrected chi connectivity index (χ3v) is 3.78. The van der Waals surface area contributed by atoms with Crippen LogP contribution in [0.1, 0.15) is 18.4 Å². The largest absolute Gasteiger partial charge is 0.356 e. The molecule has 0 spiro atoms.